The molecule has 0 fully saturated rings. The summed E-state index contributed by atoms with van der Waals surface area (Å²) >= 11 is 0. The molecule has 0 aliphatic heterocycles. The average molecular weight is 293 g/mol. The first kappa shape index (κ1) is 14.4. The van der Waals surface area contributed by atoms with Crippen LogP contribution in [0.2, 0.25) is 0 Å². The Morgan fingerprint density at radius 3 is 2.00 bits per heavy atom. The molecule has 22 heavy (non-hydrogen) atoms. The Morgan fingerprint density at radius 2 is 1.41 bits per heavy atom. The fraction of sp³-hybridized carbons (Fsp3) is 0.211. The Bertz CT molecular complexity index is 826. The highest BCUT2D eigenvalue weighted by atomic mass is 16.5. The largest absolute Gasteiger partial charge is 0.493 e. The molecule has 1 aromatic heterocycles. The first-order chi connectivity index (χ1) is 10.7. The summed E-state index contributed by atoms with van der Waals surface area (Å²) in [5.41, 5.74) is 4.27. The number of pyridine rings is 1. The molecule has 3 heteroatoms. The van der Waals surface area contributed by atoms with Gasteiger partial charge in [0.1, 0.15) is 0 Å². The number of benzene rings is 2. The van der Waals surface area contributed by atoms with Crippen LogP contribution in [-0.4, -0.2) is 19.2 Å². The Morgan fingerprint density at radius 1 is 0.818 bits per heavy atom. The monoisotopic (exact) mass is 293 g/mol. The van der Waals surface area contributed by atoms with E-state index in [0.29, 0.717) is 0 Å². The number of methoxy groups -OCH3 is 2. The SMILES string of the molecule is COc1cc2c(C)nc(-c3ccccc3)c(C)c2cc1OC. The number of aryl methyl sites for hydroxylation is 2. The van der Waals surface area contributed by atoms with E-state index in [9.17, 15) is 0 Å². The van der Waals surface area contributed by atoms with E-state index >= 15 is 0 Å². The van der Waals surface area contributed by atoms with Crippen molar-refractivity contribution in [3.8, 4) is 22.8 Å². The van der Waals surface area contributed by atoms with Gasteiger partial charge < -0.3 is 9.47 Å². The minimum absolute atomic E-state index is 0.728. The van der Waals surface area contributed by atoms with Gasteiger partial charge >= 0.3 is 0 Å². The maximum atomic E-state index is 5.44. The summed E-state index contributed by atoms with van der Waals surface area (Å²) in [7, 11) is 3.31. The maximum absolute atomic E-state index is 5.44. The number of hydrogen-bond donors (Lipinski definition) is 0. The number of nitrogens with zero attached hydrogens (tertiary/aromatic N) is 1. The van der Waals surface area contributed by atoms with Crippen molar-refractivity contribution in [2.75, 3.05) is 14.2 Å². The predicted octanol–water partition coefficient (Wildman–Crippen LogP) is 4.54. The van der Waals surface area contributed by atoms with Crippen molar-refractivity contribution in [1.82, 2.24) is 4.98 Å². The van der Waals surface area contributed by atoms with Crippen molar-refractivity contribution in [2.24, 2.45) is 0 Å². The molecule has 0 spiro atoms. The van der Waals surface area contributed by atoms with Gasteiger partial charge in [0.25, 0.3) is 0 Å². The van der Waals surface area contributed by atoms with Crippen molar-refractivity contribution >= 4 is 10.8 Å². The molecular weight excluding hydrogens is 274 g/mol. The zero-order valence-corrected chi connectivity index (χ0v) is 13.3. The number of rotatable bonds is 3. The highest BCUT2D eigenvalue weighted by Gasteiger charge is 2.14. The molecule has 0 atom stereocenters. The van der Waals surface area contributed by atoms with Crippen LogP contribution in [-0.2, 0) is 0 Å². The third-order valence-corrected chi connectivity index (χ3v) is 4.00. The Labute approximate surface area is 130 Å². The molecule has 0 bridgehead atoms. The quantitative estimate of drug-likeness (QED) is 0.710. The Balaban J connectivity index is 2.33. The summed E-state index contributed by atoms with van der Waals surface area (Å²) in [5.74, 6) is 1.47. The Hall–Kier alpha value is -2.55. The lowest BCUT2D eigenvalue weighted by molar-refractivity contribution is 0.356. The normalized spacial score (nSPS) is 10.7. The van der Waals surface area contributed by atoms with Crippen LogP contribution in [0.3, 0.4) is 0 Å². The predicted molar refractivity (Wildman–Crippen MR) is 89.8 cm³/mol. The molecular formula is C19H19NO2. The lowest BCUT2D eigenvalue weighted by Gasteiger charge is -2.15. The van der Waals surface area contributed by atoms with E-state index in [1.165, 1.54) is 0 Å². The van der Waals surface area contributed by atoms with Crippen LogP contribution in [0.4, 0.5) is 0 Å². The molecule has 3 aromatic rings. The number of fused-ring (bicyclic) bond motifs is 1. The van der Waals surface area contributed by atoms with Gasteiger partial charge in [0.15, 0.2) is 11.5 Å². The topological polar surface area (TPSA) is 31.4 Å². The smallest absolute Gasteiger partial charge is 0.161 e. The molecule has 0 N–H and O–H groups in total. The van der Waals surface area contributed by atoms with E-state index < -0.39 is 0 Å². The minimum atomic E-state index is 0.728. The fourth-order valence-electron chi connectivity index (χ4n) is 2.81. The van der Waals surface area contributed by atoms with Gasteiger partial charge in [0.05, 0.1) is 19.9 Å². The summed E-state index contributed by atoms with van der Waals surface area (Å²) in [6.07, 6.45) is 0. The van der Waals surface area contributed by atoms with Gasteiger partial charge in [0.2, 0.25) is 0 Å². The zero-order valence-electron chi connectivity index (χ0n) is 13.3. The van der Waals surface area contributed by atoms with Crippen LogP contribution in [0.1, 0.15) is 11.3 Å². The van der Waals surface area contributed by atoms with Crippen LogP contribution < -0.4 is 9.47 Å². The highest BCUT2D eigenvalue weighted by Crippen LogP contribution is 2.37. The third-order valence-electron chi connectivity index (χ3n) is 4.00. The van der Waals surface area contributed by atoms with Crippen LogP contribution >= 0.6 is 0 Å². The van der Waals surface area contributed by atoms with E-state index in [-0.39, 0.29) is 0 Å². The third kappa shape index (κ3) is 2.29. The molecule has 112 valence electrons. The minimum Gasteiger partial charge on any atom is -0.493 e. The summed E-state index contributed by atoms with van der Waals surface area (Å²) in [6, 6.07) is 14.3. The van der Waals surface area contributed by atoms with Gasteiger partial charge in [-0.2, -0.15) is 0 Å². The second kappa shape index (κ2) is 5.68. The van der Waals surface area contributed by atoms with Crippen molar-refractivity contribution in [3.63, 3.8) is 0 Å². The van der Waals surface area contributed by atoms with Crippen LogP contribution in [0, 0.1) is 13.8 Å². The number of hydrogen-bond acceptors (Lipinski definition) is 3. The fourth-order valence-corrected chi connectivity index (χ4v) is 2.81. The molecule has 2 aromatic carbocycles. The summed E-state index contributed by atoms with van der Waals surface area (Å²) < 4.78 is 10.8. The van der Waals surface area contributed by atoms with Gasteiger partial charge in [-0.3, -0.25) is 4.98 Å². The van der Waals surface area contributed by atoms with Crippen molar-refractivity contribution in [1.29, 1.82) is 0 Å². The lowest BCUT2D eigenvalue weighted by Crippen LogP contribution is -1.97. The molecule has 0 saturated heterocycles. The van der Waals surface area contributed by atoms with E-state index in [1.54, 1.807) is 14.2 Å². The second-order valence-electron chi connectivity index (χ2n) is 5.29. The van der Waals surface area contributed by atoms with E-state index in [2.05, 4.69) is 19.1 Å². The number of ether oxygens (including phenoxy) is 2. The highest BCUT2D eigenvalue weighted by molar-refractivity contribution is 5.94. The van der Waals surface area contributed by atoms with Crippen molar-refractivity contribution < 1.29 is 9.47 Å². The second-order valence-corrected chi connectivity index (χ2v) is 5.29. The van der Waals surface area contributed by atoms with Crippen LogP contribution in [0.15, 0.2) is 42.5 Å². The van der Waals surface area contributed by atoms with Gasteiger partial charge in [-0.25, -0.2) is 0 Å². The van der Waals surface area contributed by atoms with Crippen molar-refractivity contribution in [3.05, 3.63) is 53.7 Å². The van der Waals surface area contributed by atoms with E-state index in [4.69, 9.17) is 14.5 Å². The molecule has 3 rings (SSSR count). The molecule has 0 aliphatic carbocycles. The van der Waals surface area contributed by atoms with Crippen LogP contribution in [0.5, 0.6) is 11.5 Å². The molecule has 0 saturated carbocycles. The van der Waals surface area contributed by atoms with Gasteiger partial charge in [-0.05, 0) is 36.9 Å². The molecule has 0 aliphatic rings. The first-order valence-corrected chi connectivity index (χ1v) is 7.24. The van der Waals surface area contributed by atoms with Crippen molar-refractivity contribution in [2.45, 2.75) is 13.8 Å². The molecule has 3 nitrogen and oxygen atoms in total. The summed E-state index contributed by atoms with van der Waals surface area (Å²) in [5, 5.41) is 2.24. The van der Waals surface area contributed by atoms with Gasteiger partial charge in [-0.15, -0.1) is 0 Å². The Kier molecular flexibility index (Phi) is 3.72. The van der Waals surface area contributed by atoms with Gasteiger partial charge in [-0.1, -0.05) is 30.3 Å². The summed E-state index contributed by atoms with van der Waals surface area (Å²) in [6.45, 7) is 4.13. The average Bonchev–Trinajstić information content (AvgIpc) is 2.57. The zero-order chi connectivity index (χ0) is 15.7. The lowest BCUT2D eigenvalue weighted by atomic mass is 9.98. The van der Waals surface area contributed by atoms with E-state index in [0.717, 1.165) is 44.8 Å². The maximum Gasteiger partial charge on any atom is 0.161 e. The summed E-state index contributed by atoms with van der Waals surface area (Å²) in [4.78, 5) is 4.81. The molecule has 0 amide bonds. The van der Waals surface area contributed by atoms with Crippen LogP contribution in [0.25, 0.3) is 22.0 Å². The molecule has 0 radical (unpaired) electrons. The first-order valence-electron chi connectivity index (χ1n) is 7.24. The van der Waals surface area contributed by atoms with Gasteiger partial charge in [0, 0.05) is 16.6 Å². The standard InChI is InChI=1S/C19H19NO2/c1-12-15-10-17(21-3)18(22-4)11-16(15)13(2)20-19(12)14-8-6-5-7-9-14/h5-11H,1-4H3. The molecule has 0 unspecified atom stereocenters. The molecule has 1 heterocycles. The van der Waals surface area contributed by atoms with E-state index in [1.807, 2.05) is 37.3 Å². The number of aromatic nitrogens is 1.